The zero-order chi connectivity index (χ0) is 16.8. The van der Waals surface area contributed by atoms with E-state index in [-0.39, 0.29) is 17.0 Å². The van der Waals surface area contributed by atoms with E-state index >= 15 is 0 Å². The van der Waals surface area contributed by atoms with Gasteiger partial charge in [0.25, 0.3) is 5.56 Å². The van der Waals surface area contributed by atoms with Gasteiger partial charge in [0.1, 0.15) is 5.82 Å². The zero-order valence-corrected chi connectivity index (χ0v) is 14.5. The molecule has 0 amide bonds. The van der Waals surface area contributed by atoms with Crippen molar-refractivity contribution >= 4 is 39.1 Å². The molecule has 3 aromatic rings. The van der Waals surface area contributed by atoms with Crippen LogP contribution in [0.3, 0.4) is 0 Å². The van der Waals surface area contributed by atoms with Crippen LogP contribution in [0.1, 0.15) is 27.7 Å². The number of rotatable bonds is 2. The number of aromatic amines is 1. The maximum atomic E-state index is 12.2. The number of hydrogen-bond acceptors (Lipinski definition) is 3. The Labute approximate surface area is 139 Å². The van der Waals surface area contributed by atoms with Crippen LogP contribution in [0.5, 0.6) is 0 Å². The Morgan fingerprint density at radius 3 is 2.65 bits per heavy atom. The maximum Gasteiger partial charge on any atom is 0.258 e. The molecule has 1 aromatic carbocycles. The number of nitrogens with zero attached hydrogens (tertiary/aromatic N) is 1. The number of halogens is 1. The van der Waals surface area contributed by atoms with Crippen molar-refractivity contribution in [1.29, 1.82) is 0 Å². The molecular formula is C18H20ClN3O. The first kappa shape index (κ1) is 15.8. The highest BCUT2D eigenvalue weighted by Gasteiger charge is 2.21. The van der Waals surface area contributed by atoms with E-state index in [4.69, 9.17) is 11.6 Å². The zero-order valence-electron chi connectivity index (χ0n) is 13.7. The van der Waals surface area contributed by atoms with Gasteiger partial charge in [-0.2, -0.15) is 0 Å². The topological polar surface area (TPSA) is 57.8 Å². The van der Waals surface area contributed by atoms with Crippen molar-refractivity contribution in [2.45, 2.75) is 33.7 Å². The summed E-state index contributed by atoms with van der Waals surface area (Å²) in [6, 6.07) is 7.58. The van der Waals surface area contributed by atoms with Crippen molar-refractivity contribution in [2.75, 3.05) is 5.32 Å². The number of anilines is 1. The first-order chi connectivity index (χ1) is 10.8. The van der Waals surface area contributed by atoms with Gasteiger partial charge in [0.05, 0.1) is 10.9 Å². The Balaban J connectivity index is 2.31. The van der Waals surface area contributed by atoms with Crippen molar-refractivity contribution in [3.05, 3.63) is 45.8 Å². The molecule has 0 fully saturated rings. The Kier molecular flexibility index (Phi) is 3.80. The molecular weight excluding hydrogens is 310 g/mol. The largest absolute Gasteiger partial charge is 0.367 e. The minimum atomic E-state index is -0.155. The summed E-state index contributed by atoms with van der Waals surface area (Å²) in [7, 11) is 0. The first-order valence-corrected chi connectivity index (χ1v) is 8.02. The normalized spacial score (nSPS) is 13.4. The van der Waals surface area contributed by atoms with Crippen LogP contribution in [0.25, 0.3) is 21.7 Å². The van der Waals surface area contributed by atoms with Crippen molar-refractivity contribution in [3.63, 3.8) is 0 Å². The van der Waals surface area contributed by atoms with Crippen LogP contribution in [-0.4, -0.2) is 16.0 Å². The molecule has 0 aliphatic carbocycles. The summed E-state index contributed by atoms with van der Waals surface area (Å²) in [4.78, 5) is 19.6. The van der Waals surface area contributed by atoms with E-state index in [0.717, 1.165) is 16.6 Å². The van der Waals surface area contributed by atoms with Crippen molar-refractivity contribution in [2.24, 2.45) is 5.41 Å². The van der Waals surface area contributed by atoms with Crippen LogP contribution in [0.15, 0.2) is 35.3 Å². The van der Waals surface area contributed by atoms with E-state index in [2.05, 4.69) is 43.0 Å². The number of H-pyrrole nitrogens is 1. The van der Waals surface area contributed by atoms with E-state index < -0.39 is 0 Å². The van der Waals surface area contributed by atoms with Gasteiger partial charge in [0.15, 0.2) is 0 Å². The molecule has 5 heteroatoms. The number of aromatic nitrogens is 2. The summed E-state index contributed by atoms with van der Waals surface area (Å²) in [5.41, 5.74) is 0.591. The lowest BCUT2D eigenvalue weighted by Gasteiger charge is -2.29. The Morgan fingerprint density at radius 2 is 1.96 bits per heavy atom. The summed E-state index contributed by atoms with van der Waals surface area (Å²) in [6.45, 7) is 8.66. The van der Waals surface area contributed by atoms with Gasteiger partial charge < -0.3 is 10.3 Å². The lowest BCUT2D eigenvalue weighted by atomic mass is 9.88. The average Bonchev–Trinajstić information content (AvgIpc) is 2.45. The van der Waals surface area contributed by atoms with E-state index in [1.54, 1.807) is 6.20 Å². The van der Waals surface area contributed by atoms with Crippen LogP contribution < -0.4 is 10.9 Å². The standard InChI is InChI=1S/C18H20ClN3O/c1-10(18(2,3)4)21-16-12-6-5-11(19)9-13(12)15-14(22-16)7-8-20-17(15)23/h5-10H,1-4H3,(H,20,23)(H,21,22). The van der Waals surface area contributed by atoms with Gasteiger partial charge in [-0.05, 0) is 36.6 Å². The SMILES string of the molecule is CC(Nc1nc2cc[nH]c(=O)c2c2cc(Cl)ccc12)C(C)(C)C. The fraction of sp³-hybridized carbons (Fsp3) is 0.333. The van der Waals surface area contributed by atoms with Crippen molar-refractivity contribution < 1.29 is 0 Å². The molecule has 0 bridgehead atoms. The van der Waals surface area contributed by atoms with E-state index in [9.17, 15) is 4.79 Å². The van der Waals surface area contributed by atoms with Gasteiger partial charge in [0.2, 0.25) is 0 Å². The molecule has 1 atom stereocenters. The maximum absolute atomic E-state index is 12.2. The van der Waals surface area contributed by atoms with Crippen LogP contribution in [0.2, 0.25) is 5.02 Å². The predicted molar refractivity (Wildman–Crippen MR) is 97.4 cm³/mol. The predicted octanol–water partition coefficient (Wildman–Crippen LogP) is 4.58. The van der Waals surface area contributed by atoms with Crippen LogP contribution >= 0.6 is 11.6 Å². The molecule has 0 spiro atoms. The van der Waals surface area contributed by atoms with Gasteiger partial charge in [-0.1, -0.05) is 32.4 Å². The van der Waals surface area contributed by atoms with Crippen LogP contribution in [0, 0.1) is 5.41 Å². The minimum absolute atomic E-state index is 0.0869. The Morgan fingerprint density at radius 1 is 1.22 bits per heavy atom. The van der Waals surface area contributed by atoms with E-state index in [0.29, 0.717) is 15.9 Å². The smallest absolute Gasteiger partial charge is 0.258 e. The molecule has 0 aliphatic rings. The number of hydrogen-bond donors (Lipinski definition) is 2. The molecule has 4 nitrogen and oxygen atoms in total. The third-order valence-electron chi connectivity index (χ3n) is 4.33. The van der Waals surface area contributed by atoms with Gasteiger partial charge in [-0.15, -0.1) is 0 Å². The number of fused-ring (bicyclic) bond motifs is 3. The van der Waals surface area contributed by atoms with Crippen LogP contribution in [0.4, 0.5) is 5.82 Å². The monoisotopic (exact) mass is 329 g/mol. The highest BCUT2D eigenvalue weighted by Crippen LogP contribution is 2.31. The molecule has 1 unspecified atom stereocenters. The number of nitrogens with one attached hydrogen (secondary N) is 2. The van der Waals surface area contributed by atoms with Gasteiger partial charge in [-0.25, -0.2) is 4.98 Å². The van der Waals surface area contributed by atoms with Crippen molar-refractivity contribution in [3.8, 4) is 0 Å². The van der Waals surface area contributed by atoms with Crippen LogP contribution in [-0.2, 0) is 0 Å². The summed E-state index contributed by atoms with van der Waals surface area (Å²) in [5.74, 6) is 0.775. The van der Waals surface area contributed by atoms with Gasteiger partial charge >= 0.3 is 0 Å². The molecule has 0 saturated heterocycles. The molecule has 3 rings (SSSR count). The second kappa shape index (κ2) is 5.53. The fourth-order valence-electron chi connectivity index (χ4n) is 2.46. The number of benzene rings is 1. The Bertz CT molecular complexity index is 941. The second-order valence-electron chi connectivity index (χ2n) is 6.95. The van der Waals surface area contributed by atoms with E-state index in [1.165, 1.54) is 0 Å². The lowest BCUT2D eigenvalue weighted by Crippen LogP contribution is -2.31. The van der Waals surface area contributed by atoms with Gasteiger partial charge in [-0.3, -0.25) is 4.79 Å². The molecule has 0 aliphatic heterocycles. The fourth-order valence-corrected chi connectivity index (χ4v) is 2.64. The second-order valence-corrected chi connectivity index (χ2v) is 7.39. The highest BCUT2D eigenvalue weighted by atomic mass is 35.5. The molecule has 2 heterocycles. The highest BCUT2D eigenvalue weighted by molar-refractivity contribution is 6.32. The van der Waals surface area contributed by atoms with Gasteiger partial charge in [0, 0.05) is 28.0 Å². The third kappa shape index (κ3) is 2.91. The summed E-state index contributed by atoms with van der Waals surface area (Å²) in [5, 5.41) is 6.37. The molecule has 0 saturated carbocycles. The number of pyridine rings is 2. The quantitative estimate of drug-likeness (QED) is 0.677. The lowest BCUT2D eigenvalue weighted by molar-refractivity contribution is 0.359. The molecule has 0 radical (unpaired) electrons. The minimum Gasteiger partial charge on any atom is -0.367 e. The summed E-state index contributed by atoms with van der Waals surface area (Å²) < 4.78 is 0. The first-order valence-electron chi connectivity index (χ1n) is 7.64. The average molecular weight is 330 g/mol. The third-order valence-corrected chi connectivity index (χ3v) is 4.56. The molecule has 2 aromatic heterocycles. The Hall–Kier alpha value is -2.07. The van der Waals surface area contributed by atoms with E-state index in [1.807, 2.05) is 24.3 Å². The summed E-state index contributed by atoms with van der Waals surface area (Å²) in [6.07, 6.45) is 1.62. The molecule has 23 heavy (non-hydrogen) atoms. The molecule has 2 N–H and O–H groups in total. The summed E-state index contributed by atoms with van der Waals surface area (Å²) >= 11 is 6.15. The molecule has 120 valence electrons. The van der Waals surface area contributed by atoms with Crippen molar-refractivity contribution in [1.82, 2.24) is 9.97 Å².